The molecule has 0 fully saturated rings. The zero-order chi connectivity index (χ0) is 35.7. The van der Waals surface area contributed by atoms with Crippen molar-refractivity contribution < 1.29 is 14.4 Å². The van der Waals surface area contributed by atoms with Gasteiger partial charge in [-0.1, -0.05) is 142 Å². The number of guanidine groups is 1. The number of amides is 3. The first kappa shape index (κ1) is 45.6. The number of nitrogens with two attached hydrogens (primary N) is 3. The Hall–Kier alpha value is -2.36. The molecule has 282 valence electrons. The summed E-state index contributed by atoms with van der Waals surface area (Å²) in [6, 6.07) is -0.829. The normalized spacial score (nSPS) is 11.7. The van der Waals surface area contributed by atoms with Crippen LogP contribution in [0.3, 0.4) is 0 Å². The van der Waals surface area contributed by atoms with Gasteiger partial charge in [0, 0.05) is 39.5 Å². The van der Waals surface area contributed by atoms with E-state index in [-0.39, 0.29) is 36.5 Å². The van der Waals surface area contributed by atoms with Gasteiger partial charge >= 0.3 is 0 Å². The molecule has 0 radical (unpaired) electrons. The SMILES string of the molecule is CCCCCCCCCCCCCC(=O)N(C(=O)CCCCCCCCCCCCC)[C@@H](CCCCNN=C(N)N)C(=O)N(C)CCN. The number of hydrazone groups is 1. The smallest absolute Gasteiger partial charge is 0.245 e. The largest absolute Gasteiger partial charge is 0.369 e. The van der Waals surface area contributed by atoms with Crippen molar-refractivity contribution >= 4 is 23.7 Å². The fraction of sp³-hybridized carbons (Fsp3) is 0.895. The Morgan fingerprint density at radius 2 is 1.00 bits per heavy atom. The molecule has 0 aliphatic rings. The minimum atomic E-state index is -0.829. The van der Waals surface area contributed by atoms with Crippen molar-refractivity contribution in [3.05, 3.63) is 0 Å². The van der Waals surface area contributed by atoms with Crippen LogP contribution in [-0.2, 0) is 14.4 Å². The molecule has 1 atom stereocenters. The van der Waals surface area contributed by atoms with Gasteiger partial charge in [-0.2, -0.15) is 0 Å². The molecular weight excluding hydrogens is 602 g/mol. The Bertz CT molecular complexity index is 782. The first-order valence-electron chi connectivity index (χ1n) is 19.9. The number of nitrogens with zero attached hydrogens (tertiary/aromatic N) is 3. The summed E-state index contributed by atoms with van der Waals surface area (Å²) < 4.78 is 0. The van der Waals surface area contributed by atoms with Gasteiger partial charge in [-0.15, -0.1) is 5.10 Å². The maximum absolute atomic E-state index is 13.7. The highest BCUT2D eigenvalue weighted by atomic mass is 16.2. The second-order valence-corrected chi connectivity index (χ2v) is 13.7. The Morgan fingerprint density at radius 3 is 1.38 bits per heavy atom. The van der Waals surface area contributed by atoms with Gasteiger partial charge in [0.15, 0.2) is 0 Å². The van der Waals surface area contributed by atoms with Crippen LogP contribution in [0.1, 0.15) is 187 Å². The van der Waals surface area contributed by atoms with Crippen LogP contribution < -0.4 is 22.6 Å². The third-order valence-corrected chi connectivity index (χ3v) is 9.19. The predicted octanol–water partition coefficient (Wildman–Crippen LogP) is 7.48. The number of unbranched alkanes of at least 4 members (excludes halogenated alkanes) is 21. The highest BCUT2D eigenvalue weighted by molar-refractivity contribution is 6.00. The van der Waals surface area contributed by atoms with E-state index in [9.17, 15) is 14.4 Å². The highest BCUT2D eigenvalue weighted by Crippen LogP contribution is 2.20. The van der Waals surface area contributed by atoms with Gasteiger partial charge < -0.3 is 27.5 Å². The van der Waals surface area contributed by atoms with Crippen LogP contribution in [0.2, 0.25) is 0 Å². The summed E-state index contributed by atoms with van der Waals surface area (Å²) in [6.45, 7) is 5.70. The van der Waals surface area contributed by atoms with Crippen molar-refractivity contribution in [2.45, 2.75) is 193 Å². The number of imide groups is 1. The van der Waals surface area contributed by atoms with Crippen molar-refractivity contribution in [3.63, 3.8) is 0 Å². The molecule has 0 heterocycles. The maximum Gasteiger partial charge on any atom is 0.245 e. The van der Waals surface area contributed by atoms with Crippen molar-refractivity contribution in [3.8, 4) is 0 Å². The fourth-order valence-electron chi connectivity index (χ4n) is 6.22. The van der Waals surface area contributed by atoms with E-state index in [1.165, 1.54) is 108 Å². The zero-order valence-corrected chi connectivity index (χ0v) is 31.6. The quantitative estimate of drug-likeness (QED) is 0.0237. The minimum Gasteiger partial charge on any atom is -0.369 e. The van der Waals surface area contributed by atoms with Crippen LogP contribution in [0.15, 0.2) is 5.10 Å². The van der Waals surface area contributed by atoms with Gasteiger partial charge in [-0.05, 0) is 32.1 Å². The molecule has 0 aliphatic carbocycles. The van der Waals surface area contributed by atoms with Gasteiger partial charge in [-0.3, -0.25) is 19.3 Å². The molecule has 0 unspecified atom stereocenters. The van der Waals surface area contributed by atoms with Crippen molar-refractivity contribution in [1.82, 2.24) is 15.2 Å². The molecule has 0 aromatic heterocycles. The van der Waals surface area contributed by atoms with E-state index in [4.69, 9.17) is 17.2 Å². The van der Waals surface area contributed by atoms with Crippen molar-refractivity contribution in [1.29, 1.82) is 0 Å². The molecule has 10 nitrogen and oxygen atoms in total. The number of hydrogen-bond acceptors (Lipinski definition) is 6. The number of carbonyl (C=O) groups excluding carboxylic acids is 3. The first-order valence-corrected chi connectivity index (χ1v) is 19.9. The predicted molar refractivity (Wildman–Crippen MR) is 202 cm³/mol. The second-order valence-electron chi connectivity index (χ2n) is 13.7. The van der Waals surface area contributed by atoms with E-state index in [1.807, 2.05) is 0 Å². The molecule has 0 aliphatic heterocycles. The fourth-order valence-corrected chi connectivity index (χ4v) is 6.22. The first-order chi connectivity index (χ1) is 23.3. The average molecular weight is 680 g/mol. The minimum absolute atomic E-state index is 0.0429. The Balaban J connectivity index is 5.18. The molecule has 0 spiro atoms. The van der Waals surface area contributed by atoms with Crippen LogP contribution in [0, 0.1) is 0 Å². The van der Waals surface area contributed by atoms with E-state index in [0.717, 1.165) is 38.5 Å². The van der Waals surface area contributed by atoms with Crippen LogP contribution in [-0.4, -0.2) is 66.2 Å². The Morgan fingerprint density at radius 1 is 0.604 bits per heavy atom. The number of carbonyl (C=O) groups is 3. The monoisotopic (exact) mass is 680 g/mol. The molecule has 10 heteroatoms. The lowest BCUT2D eigenvalue weighted by Crippen LogP contribution is -2.53. The zero-order valence-electron chi connectivity index (χ0n) is 31.6. The summed E-state index contributed by atoms with van der Waals surface area (Å²) in [5.41, 5.74) is 19.3. The van der Waals surface area contributed by atoms with Crippen LogP contribution in [0.4, 0.5) is 0 Å². The van der Waals surface area contributed by atoms with Gasteiger partial charge in [0.1, 0.15) is 6.04 Å². The Labute approximate surface area is 295 Å². The topological polar surface area (TPSA) is 160 Å². The van der Waals surface area contributed by atoms with Crippen LogP contribution in [0.5, 0.6) is 0 Å². The molecule has 7 N–H and O–H groups in total. The van der Waals surface area contributed by atoms with E-state index in [0.29, 0.717) is 38.9 Å². The van der Waals surface area contributed by atoms with E-state index >= 15 is 0 Å². The number of nitrogens with one attached hydrogen (secondary N) is 1. The summed E-state index contributed by atoms with van der Waals surface area (Å²) in [4.78, 5) is 44.0. The summed E-state index contributed by atoms with van der Waals surface area (Å²) in [5.74, 6) is -0.717. The molecule has 0 aromatic rings. The highest BCUT2D eigenvalue weighted by Gasteiger charge is 2.35. The molecule has 0 aromatic carbocycles. The molecule has 0 saturated heterocycles. The van der Waals surface area contributed by atoms with Gasteiger partial charge in [0.2, 0.25) is 23.7 Å². The van der Waals surface area contributed by atoms with Crippen LogP contribution in [0.25, 0.3) is 0 Å². The molecule has 0 rings (SSSR count). The summed E-state index contributed by atoms with van der Waals surface area (Å²) in [7, 11) is 1.70. The molecular formula is C38H77N7O3. The van der Waals surface area contributed by atoms with Crippen molar-refractivity contribution in [2.24, 2.45) is 22.3 Å². The van der Waals surface area contributed by atoms with E-state index < -0.39 is 6.04 Å². The lowest BCUT2D eigenvalue weighted by molar-refractivity contribution is -0.155. The lowest BCUT2D eigenvalue weighted by Gasteiger charge is -2.32. The van der Waals surface area contributed by atoms with E-state index in [1.54, 1.807) is 11.9 Å². The number of hydrogen-bond donors (Lipinski definition) is 4. The van der Waals surface area contributed by atoms with Gasteiger partial charge in [-0.25, -0.2) is 0 Å². The van der Waals surface area contributed by atoms with Crippen molar-refractivity contribution in [2.75, 3.05) is 26.7 Å². The average Bonchev–Trinajstić information content (AvgIpc) is 3.06. The van der Waals surface area contributed by atoms with E-state index in [2.05, 4.69) is 24.4 Å². The molecule has 0 saturated carbocycles. The number of likely N-dealkylation sites (N-methyl/N-ethyl adjacent to an activating group) is 1. The lowest BCUT2D eigenvalue weighted by atomic mass is 10.0. The summed E-state index contributed by atoms with van der Waals surface area (Å²) in [6.07, 6.45) is 28.5. The standard InChI is InChI=1S/C38H77N7O3/c1-4-6-8-10-12-14-16-18-20-22-24-29-35(46)45(36(47)30-25-23-21-19-17-15-13-11-9-7-5-2)34(37(48)44(3)33-31-39)28-26-27-32-42-43-38(40)41/h34,42H,4-33,39H2,1-3H3,(H4,40,41,43)/t34-/m0/s1. The molecule has 48 heavy (non-hydrogen) atoms. The molecule has 0 bridgehead atoms. The summed E-state index contributed by atoms with van der Waals surface area (Å²) in [5, 5.41) is 3.80. The summed E-state index contributed by atoms with van der Waals surface area (Å²) >= 11 is 0. The Kier molecular flexibility index (Phi) is 31.5. The van der Waals surface area contributed by atoms with Crippen LogP contribution >= 0.6 is 0 Å². The van der Waals surface area contributed by atoms with Gasteiger partial charge in [0.05, 0.1) is 0 Å². The third kappa shape index (κ3) is 25.6. The second kappa shape index (κ2) is 33.2. The maximum atomic E-state index is 13.7. The van der Waals surface area contributed by atoms with Gasteiger partial charge in [0.25, 0.3) is 0 Å². The third-order valence-electron chi connectivity index (χ3n) is 9.19. The number of rotatable bonds is 34. The molecule has 3 amide bonds.